The molecule has 0 spiro atoms. The van der Waals surface area contributed by atoms with Gasteiger partial charge in [0.1, 0.15) is 11.6 Å². The van der Waals surface area contributed by atoms with Crippen molar-refractivity contribution >= 4 is 15.9 Å². The van der Waals surface area contributed by atoms with Crippen LogP contribution in [0.1, 0.15) is 36.1 Å². The molecule has 27 heavy (non-hydrogen) atoms. The number of rotatable bonds is 5. The van der Waals surface area contributed by atoms with Crippen molar-refractivity contribution in [1.29, 1.82) is 0 Å². The third-order valence-corrected chi connectivity index (χ3v) is 6.69. The van der Waals surface area contributed by atoms with Crippen LogP contribution in [0.5, 0.6) is 0 Å². The zero-order valence-corrected chi connectivity index (χ0v) is 16.4. The lowest BCUT2D eigenvalue weighted by Gasteiger charge is -2.26. The summed E-state index contributed by atoms with van der Waals surface area (Å²) in [6.07, 6.45) is 0.886. The highest BCUT2D eigenvalue weighted by molar-refractivity contribution is 7.89. The summed E-state index contributed by atoms with van der Waals surface area (Å²) in [6.45, 7) is 4.13. The van der Waals surface area contributed by atoms with E-state index in [2.05, 4.69) is 10.3 Å². The second-order valence-corrected chi connectivity index (χ2v) is 8.55. The number of aryl methyl sites for hydroxylation is 1. The largest absolute Gasteiger partial charge is 0.349 e. The van der Waals surface area contributed by atoms with Crippen LogP contribution in [0.3, 0.4) is 0 Å². The number of carbonyl (C=O) groups excluding carboxylic acids is 1. The number of fused-ring (bicyclic) bond motifs is 1. The Hall–Kier alpha value is -2.26. The molecule has 1 aromatic heterocycles. The van der Waals surface area contributed by atoms with Crippen LogP contribution in [-0.4, -0.2) is 34.7 Å². The number of aromatic nitrogens is 2. The van der Waals surface area contributed by atoms with Crippen molar-refractivity contribution in [2.45, 2.75) is 44.7 Å². The van der Waals surface area contributed by atoms with Crippen molar-refractivity contribution in [2.75, 3.05) is 6.54 Å². The van der Waals surface area contributed by atoms with E-state index in [9.17, 15) is 17.6 Å². The Balaban J connectivity index is 1.84. The Morgan fingerprint density at radius 3 is 2.78 bits per heavy atom. The normalized spacial score (nSPS) is 14.8. The molecule has 0 fully saturated rings. The number of nitrogens with zero attached hydrogens (tertiary/aromatic N) is 3. The smallest absolute Gasteiger partial charge is 0.243 e. The molecule has 0 aliphatic carbocycles. The summed E-state index contributed by atoms with van der Waals surface area (Å²) in [5.41, 5.74) is 1.95. The number of nitrogens with one attached hydrogen (secondary N) is 1. The van der Waals surface area contributed by atoms with Gasteiger partial charge in [0, 0.05) is 26.4 Å². The summed E-state index contributed by atoms with van der Waals surface area (Å²) in [5.74, 6) is 0.200. The summed E-state index contributed by atoms with van der Waals surface area (Å²) >= 11 is 0. The fourth-order valence-corrected chi connectivity index (χ4v) is 4.60. The van der Waals surface area contributed by atoms with E-state index in [0.29, 0.717) is 37.3 Å². The minimum atomic E-state index is -3.73. The first-order valence-corrected chi connectivity index (χ1v) is 10.2. The predicted octanol–water partition coefficient (Wildman–Crippen LogP) is 1.64. The molecule has 0 radical (unpaired) electrons. The maximum Gasteiger partial charge on any atom is 0.243 e. The average Bonchev–Trinajstić information content (AvgIpc) is 2.97. The van der Waals surface area contributed by atoms with Gasteiger partial charge in [0.05, 0.1) is 29.4 Å². The van der Waals surface area contributed by atoms with Crippen LogP contribution in [0.4, 0.5) is 4.39 Å². The molecule has 1 aromatic carbocycles. The molecule has 0 saturated carbocycles. The van der Waals surface area contributed by atoms with Crippen molar-refractivity contribution in [3.63, 3.8) is 0 Å². The van der Waals surface area contributed by atoms with Crippen LogP contribution in [0.15, 0.2) is 23.1 Å². The molecule has 0 bridgehead atoms. The standard InChI is InChI=1S/C18H23FN4O3S/c1-4-18(24)20-10-17-21-15-7-8-23(11-16(15)22(17)3)27(25,26)13-5-6-14(19)12(2)9-13/h5-6,9H,4,7-8,10-11H2,1-3H3,(H,20,24). The molecular formula is C18H23FN4O3S. The van der Waals surface area contributed by atoms with Gasteiger partial charge in [-0.05, 0) is 30.7 Å². The lowest BCUT2D eigenvalue weighted by Crippen LogP contribution is -2.36. The lowest BCUT2D eigenvalue weighted by molar-refractivity contribution is -0.120. The van der Waals surface area contributed by atoms with Crippen molar-refractivity contribution in [3.05, 3.63) is 46.8 Å². The zero-order chi connectivity index (χ0) is 19.8. The van der Waals surface area contributed by atoms with Crippen LogP contribution in [-0.2, 0) is 41.4 Å². The Morgan fingerprint density at radius 1 is 1.37 bits per heavy atom. The first kappa shape index (κ1) is 19.5. The molecule has 7 nitrogen and oxygen atoms in total. The zero-order valence-electron chi connectivity index (χ0n) is 15.6. The summed E-state index contributed by atoms with van der Waals surface area (Å²) < 4.78 is 42.6. The lowest BCUT2D eigenvalue weighted by atomic mass is 10.2. The molecule has 0 atom stereocenters. The fourth-order valence-electron chi connectivity index (χ4n) is 3.11. The van der Waals surface area contributed by atoms with Gasteiger partial charge in [-0.2, -0.15) is 4.31 Å². The SMILES string of the molecule is CCC(=O)NCc1nc2c(n1C)CN(S(=O)(=O)c1ccc(F)c(C)c1)CC2. The molecule has 1 aliphatic rings. The first-order valence-electron chi connectivity index (χ1n) is 8.80. The van der Waals surface area contributed by atoms with Crippen LogP contribution >= 0.6 is 0 Å². The Kier molecular flexibility index (Phi) is 5.34. The summed E-state index contributed by atoms with van der Waals surface area (Å²) in [5, 5.41) is 2.79. The molecule has 1 aliphatic heterocycles. The van der Waals surface area contributed by atoms with Crippen molar-refractivity contribution in [1.82, 2.24) is 19.2 Å². The Bertz CT molecular complexity index is 985. The minimum Gasteiger partial charge on any atom is -0.349 e. The number of benzene rings is 1. The second-order valence-electron chi connectivity index (χ2n) is 6.61. The molecule has 2 heterocycles. The molecule has 0 unspecified atom stereocenters. The topological polar surface area (TPSA) is 84.3 Å². The summed E-state index contributed by atoms with van der Waals surface area (Å²) in [6, 6.07) is 3.83. The molecule has 3 rings (SSSR count). The molecule has 2 aromatic rings. The van der Waals surface area contributed by atoms with Gasteiger partial charge in [0.15, 0.2) is 0 Å². The van der Waals surface area contributed by atoms with Crippen LogP contribution in [0.25, 0.3) is 0 Å². The van der Waals surface area contributed by atoms with Gasteiger partial charge >= 0.3 is 0 Å². The number of hydrogen-bond donors (Lipinski definition) is 1. The van der Waals surface area contributed by atoms with E-state index in [4.69, 9.17) is 0 Å². The summed E-state index contributed by atoms with van der Waals surface area (Å²) in [7, 11) is -1.91. The van der Waals surface area contributed by atoms with Gasteiger partial charge in [0.2, 0.25) is 15.9 Å². The highest BCUT2D eigenvalue weighted by Gasteiger charge is 2.31. The summed E-state index contributed by atoms with van der Waals surface area (Å²) in [4.78, 5) is 16.1. The minimum absolute atomic E-state index is 0.0631. The molecule has 0 saturated heterocycles. The van der Waals surface area contributed by atoms with Crippen molar-refractivity contribution in [2.24, 2.45) is 7.05 Å². The Morgan fingerprint density at radius 2 is 2.11 bits per heavy atom. The van der Waals surface area contributed by atoms with Crippen molar-refractivity contribution < 1.29 is 17.6 Å². The Labute approximate surface area is 158 Å². The number of sulfonamides is 1. The van der Waals surface area contributed by atoms with Gasteiger partial charge in [-0.3, -0.25) is 4.79 Å². The monoisotopic (exact) mass is 394 g/mol. The molecule has 1 amide bonds. The number of hydrogen-bond acceptors (Lipinski definition) is 4. The van der Waals surface area contributed by atoms with E-state index < -0.39 is 15.8 Å². The number of carbonyl (C=O) groups is 1. The molecule has 146 valence electrons. The molecular weight excluding hydrogens is 371 g/mol. The third kappa shape index (κ3) is 3.74. The highest BCUT2D eigenvalue weighted by Crippen LogP contribution is 2.26. The van der Waals surface area contributed by atoms with Crippen molar-refractivity contribution in [3.8, 4) is 0 Å². The van der Waals surface area contributed by atoms with Gasteiger partial charge in [-0.1, -0.05) is 6.92 Å². The fraction of sp³-hybridized carbons (Fsp3) is 0.444. The number of imidazole rings is 1. The number of halogens is 1. The molecule has 9 heteroatoms. The van der Waals surface area contributed by atoms with E-state index in [1.165, 1.54) is 22.5 Å². The maximum atomic E-state index is 13.5. The van der Waals surface area contributed by atoms with E-state index in [1.54, 1.807) is 13.8 Å². The highest BCUT2D eigenvalue weighted by atomic mass is 32.2. The van der Waals surface area contributed by atoms with E-state index >= 15 is 0 Å². The van der Waals surface area contributed by atoms with E-state index in [0.717, 1.165) is 11.4 Å². The first-order chi connectivity index (χ1) is 12.7. The van der Waals surface area contributed by atoms with Crippen LogP contribution in [0, 0.1) is 12.7 Å². The molecule has 1 N–H and O–H groups in total. The quantitative estimate of drug-likeness (QED) is 0.836. The van der Waals surface area contributed by atoms with Gasteiger partial charge in [-0.15, -0.1) is 0 Å². The number of amides is 1. The van der Waals surface area contributed by atoms with Crippen LogP contribution in [0.2, 0.25) is 0 Å². The third-order valence-electron chi connectivity index (χ3n) is 4.85. The van der Waals surface area contributed by atoms with E-state index in [1.807, 2.05) is 11.6 Å². The average molecular weight is 394 g/mol. The maximum absolute atomic E-state index is 13.5. The second kappa shape index (κ2) is 7.40. The van der Waals surface area contributed by atoms with Gasteiger partial charge < -0.3 is 9.88 Å². The van der Waals surface area contributed by atoms with Crippen LogP contribution < -0.4 is 5.32 Å². The van der Waals surface area contributed by atoms with Gasteiger partial charge in [-0.25, -0.2) is 17.8 Å². The van der Waals surface area contributed by atoms with E-state index in [-0.39, 0.29) is 17.3 Å². The van der Waals surface area contributed by atoms with Gasteiger partial charge in [0.25, 0.3) is 0 Å². The predicted molar refractivity (Wildman–Crippen MR) is 97.8 cm³/mol.